The Balaban J connectivity index is 2.17. The molecule has 0 radical (unpaired) electrons. The van der Waals surface area contributed by atoms with E-state index < -0.39 is 0 Å². The highest BCUT2D eigenvalue weighted by molar-refractivity contribution is 6.94. The normalized spacial score (nSPS) is 22.6. The minimum atomic E-state index is -0.217. The number of rotatable bonds is 2. The van der Waals surface area contributed by atoms with Gasteiger partial charge in [0.15, 0.2) is 0 Å². The Bertz CT molecular complexity index is 79.6. The number of likely N-dealkylation sites (tertiary alicyclic amines) is 1. The first-order valence-corrected chi connectivity index (χ1v) is 7.10. The SMILES string of the molecule is CCN1CC[CH]([Mg][Cl])CC1. The Kier molecular flexibility index (Phi) is 4.38. The molecule has 0 bridgehead atoms. The molecule has 0 saturated carbocycles. The van der Waals surface area contributed by atoms with Crippen LogP contribution >= 0.6 is 9.07 Å². The fourth-order valence-electron chi connectivity index (χ4n) is 1.46. The molecule has 0 amide bonds. The van der Waals surface area contributed by atoms with Gasteiger partial charge in [-0.25, -0.2) is 0 Å². The second-order valence-electron chi connectivity index (χ2n) is 3.03. The molecule has 0 aromatic heterocycles. The molecule has 0 aromatic rings. The van der Waals surface area contributed by atoms with Crippen molar-refractivity contribution in [3.05, 3.63) is 0 Å². The van der Waals surface area contributed by atoms with Crippen LogP contribution in [0.2, 0.25) is 4.05 Å². The van der Waals surface area contributed by atoms with Crippen molar-refractivity contribution in [1.29, 1.82) is 0 Å². The average molecular weight is 172 g/mol. The van der Waals surface area contributed by atoms with Crippen LogP contribution in [0.5, 0.6) is 0 Å². The van der Waals surface area contributed by atoms with E-state index in [0.29, 0.717) is 0 Å². The van der Waals surface area contributed by atoms with Crippen molar-refractivity contribution in [2.45, 2.75) is 23.8 Å². The highest BCUT2D eigenvalue weighted by Gasteiger charge is 2.18. The maximum absolute atomic E-state index is 5.89. The lowest BCUT2D eigenvalue weighted by atomic mass is 10.1. The molecule has 1 aliphatic heterocycles. The maximum Gasteiger partial charge on any atom is 0.504 e. The molecule has 1 fully saturated rings. The fourth-order valence-corrected chi connectivity index (χ4v) is 3.06. The molecule has 1 rings (SSSR count). The van der Waals surface area contributed by atoms with Gasteiger partial charge in [0.1, 0.15) is 0 Å². The Morgan fingerprint density at radius 3 is 2.50 bits per heavy atom. The van der Waals surface area contributed by atoms with Crippen molar-refractivity contribution in [3.63, 3.8) is 0 Å². The molecule has 56 valence electrons. The number of halogens is 1. The van der Waals surface area contributed by atoms with Crippen LogP contribution in [0.1, 0.15) is 19.8 Å². The lowest BCUT2D eigenvalue weighted by molar-refractivity contribution is 0.240. The first-order valence-electron chi connectivity index (χ1n) is 4.15. The minimum absolute atomic E-state index is 0.217. The van der Waals surface area contributed by atoms with E-state index in [1.54, 1.807) is 0 Å². The summed E-state index contributed by atoms with van der Waals surface area (Å²) in [5.74, 6) is 0. The summed E-state index contributed by atoms with van der Waals surface area (Å²) < 4.78 is 0.935. The number of hydrogen-bond donors (Lipinski definition) is 0. The van der Waals surface area contributed by atoms with E-state index in [0.717, 1.165) is 4.05 Å². The predicted octanol–water partition coefficient (Wildman–Crippen LogP) is 1.75. The number of nitrogens with zero attached hydrogens (tertiary/aromatic N) is 1. The Hall–Kier alpha value is 1.02. The molecule has 0 aliphatic carbocycles. The Morgan fingerprint density at radius 1 is 1.50 bits per heavy atom. The maximum atomic E-state index is 5.89. The van der Waals surface area contributed by atoms with Crippen molar-refractivity contribution in [1.82, 2.24) is 4.90 Å². The first-order chi connectivity index (χ1) is 4.86. The first kappa shape index (κ1) is 9.11. The van der Waals surface area contributed by atoms with Gasteiger partial charge in [-0.2, -0.15) is 0 Å². The fraction of sp³-hybridized carbons (Fsp3) is 1.00. The third-order valence-corrected chi connectivity index (χ3v) is 4.93. The monoisotopic (exact) mass is 171 g/mol. The summed E-state index contributed by atoms with van der Waals surface area (Å²) in [7, 11) is 5.89. The van der Waals surface area contributed by atoms with Gasteiger partial charge in [0.05, 0.1) is 0 Å². The molecule has 0 N–H and O–H groups in total. The van der Waals surface area contributed by atoms with Crippen LogP contribution in [0.4, 0.5) is 0 Å². The van der Waals surface area contributed by atoms with E-state index in [4.69, 9.17) is 9.07 Å². The van der Waals surface area contributed by atoms with E-state index in [1.807, 2.05) is 0 Å². The van der Waals surface area contributed by atoms with Crippen LogP contribution in [0, 0.1) is 0 Å². The van der Waals surface area contributed by atoms with Gasteiger partial charge in [0.2, 0.25) is 0 Å². The van der Waals surface area contributed by atoms with Crippen LogP contribution in [0.15, 0.2) is 0 Å². The number of hydrogen-bond acceptors (Lipinski definition) is 1. The van der Waals surface area contributed by atoms with Crippen molar-refractivity contribution in [2.24, 2.45) is 0 Å². The highest BCUT2D eigenvalue weighted by Crippen LogP contribution is 2.21. The van der Waals surface area contributed by atoms with E-state index >= 15 is 0 Å². The van der Waals surface area contributed by atoms with Gasteiger partial charge in [-0.15, -0.1) is 4.05 Å². The summed E-state index contributed by atoms with van der Waals surface area (Å²) in [5, 5.41) is 0. The van der Waals surface area contributed by atoms with Gasteiger partial charge in [-0.1, -0.05) is 19.8 Å². The predicted molar refractivity (Wildman–Crippen MR) is 46.7 cm³/mol. The van der Waals surface area contributed by atoms with Crippen LogP contribution in [-0.4, -0.2) is 43.8 Å². The molecule has 1 heterocycles. The molecule has 1 nitrogen and oxygen atoms in total. The quantitative estimate of drug-likeness (QED) is 0.573. The molecule has 0 atom stereocenters. The zero-order valence-electron chi connectivity index (χ0n) is 6.65. The van der Waals surface area contributed by atoms with Gasteiger partial charge in [0.25, 0.3) is 0 Å². The number of piperidine rings is 1. The van der Waals surface area contributed by atoms with Crippen LogP contribution in [-0.2, 0) is 0 Å². The van der Waals surface area contributed by atoms with Crippen LogP contribution in [0.25, 0.3) is 0 Å². The van der Waals surface area contributed by atoms with Gasteiger partial charge >= 0.3 is 19.3 Å². The van der Waals surface area contributed by atoms with Gasteiger partial charge in [0, 0.05) is 0 Å². The van der Waals surface area contributed by atoms with Gasteiger partial charge in [-0.3, -0.25) is 0 Å². The van der Waals surface area contributed by atoms with Crippen molar-refractivity contribution >= 4 is 28.3 Å². The van der Waals surface area contributed by atoms with E-state index in [9.17, 15) is 0 Å². The molecular weight excluding hydrogens is 158 g/mol. The molecule has 0 unspecified atom stereocenters. The largest absolute Gasteiger partial charge is 0.504 e. The summed E-state index contributed by atoms with van der Waals surface area (Å²) in [6.45, 7) is 6.04. The Morgan fingerprint density at radius 2 is 2.10 bits per heavy atom. The topological polar surface area (TPSA) is 3.24 Å². The average Bonchev–Trinajstić information content (AvgIpc) is 2.05. The second kappa shape index (κ2) is 4.81. The lowest BCUT2D eigenvalue weighted by Gasteiger charge is -2.29. The molecule has 3 heteroatoms. The Labute approximate surface area is 76.6 Å². The van der Waals surface area contributed by atoms with E-state index in [-0.39, 0.29) is 19.3 Å². The molecule has 1 saturated heterocycles. The summed E-state index contributed by atoms with van der Waals surface area (Å²) in [6.07, 6.45) is 2.73. The van der Waals surface area contributed by atoms with Crippen molar-refractivity contribution in [2.75, 3.05) is 19.6 Å². The molecule has 0 aromatic carbocycles. The zero-order valence-corrected chi connectivity index (χ0v) is 8.82. The minimum Gasteiger partial charge on any atom is -0.346 e. The standard InChI is InChI=1S/C7H14N.ClH.Mg/c1-2-8-6-4-3-5-7-8;;/h3H,2,4-7H2,1H3;1H;/q;;+1/p-1. The lowest BCUT2D eigenvalue weighted by Crippen LogP contribution is -2.32. The molecule has 1 aliphatic rings. The molecule has 0 spiro atoms. The van der Waals surface area contributed by atoms with Gasteiger partial charge < -0.3 is 14.0 Å². The van der Waals surface area contributed by atoms with Crippen LogP contribution in [0.3, 0.4) is 0 Å². The summed E-state index contributed by atoms with van der Waals surface area (Å²) in [5.41, 5.74) is 0. The summed E-state index contributed by atoms with van der Waals surface area (Å²) >= 11 is -0.217. The van der Waals surface area contributed by atoms with Crippen molar-refractivity contribution < 1.29 is 0 Å². The smallest absolute Gasteiger partial charge is 0.346 e. The van der Waals surface area contributed by atoms with Crippen molar-refractivity contribution in [3.8, 4) is 0 Å². The summed E-state index contributed by atoms with van der Waals surface area (Å²) in [4.78, 5) is 2.51. The molecule has 10 heavy (non-hydrogen) atoms. The third-order valence-electron chi connectivity index (χ3n) is 2.37. The van der Waals surface area contributed by atoms with E-state index in [1.165, 1.54) is 32.5 Å². The highest BCUT2D eigenvalue weighted by atomic mass is 35.5. The zero-order chi connectivity index (χ0) is 7.40. The van der Waals surface area contributed by atoms with Crippen LogP contribution < -0.4 is 0 Å². The second-order valence-corrected chi connectivity index (χ2v) is 5.42. The molecular formula is C7H14ClMgN. The van der Waals surface area contributed by atoms with Gasteiger partial charge in [-0.05, 0) is 19.6 Å². The van der Waals surface area contributed by atoms with E-state index in [2.05, 4.69) is 11.8 Å². The third kappa shape index (κ3) is 2.57. The summed E-state index contributed by atoms with van der Waals surface area (Å²) in [6, 6.07) is 0.